The van der Waals surface area contributed by atoms with Crippen molar-refractivity contribution in [3.05, 3.63) is 71.8 Å². The van der Waals surface area contributed by atoms with E-state index >= 15 is 0 Å². The number of alkyl carbamates (subject to hydrolysis) is 1. The van der Waals surface area contributed by atoms with E-state index in [1.165, 1.54) is 4.31 Å². The van der Waals surface area contributed by atoms with Gasteiger partial charge in [0.25, 0.3) is 0 Å². The molecule has 0 saturated carbocycles. The fourth-order valence-electron chi connectivity index (χ4n) is 3.96. The second-order valence-corrected chi connectivity index (χ2v) is 10.1. The molecule has 1 N–H and O–H groups in total. The molecule has 0 aromatic heterocycles. The van der Waals surface area contributed by atoms with Gasteiger partial charge in [0.15, 0.2) is 0 Å². The summed E-state index contributed by atoms with van der Waals surface area (Å²) in [4.78, 5) is 17.7. The smallest absolute Gasteiger partial charge is 0.392 e. The Morgan fingerprint density at radius 3 is 2.31 bits per heavy atom. The summed E-state index contributed by atoms with van der Waals surface area (Å²) in [5.41, 5.74) is 1.28. The lowest BCUT2D eigenvalue weighted by atomic mass is 9.89. The summed E-state index contributed by atoms with van der Waals surface area (Å²) in [5.74, 6) is 0.207. The van der Waals surface area contributed by atoms with Gasteiger partial charge in [0.1, 0.15) is 5.60 Å². The average Bonchev–Trinajstić information content (AvgIpc) is 3.16. The number of carbonyl (C=O) groups is 1. The van der Waals surface area contributed by atoms with Crippen molar-refractivity contribution in [3.8, 4) is 0 Å². The summed E-state index contributed by atoms with van der Waals surface area (Å²) in [6, 6.07) is 19.0. The number of hydrogen-bond donors (Lipinski definition) is 1. The molecule has 2 aromatic carbocycles. The zero-order chi connectivity index (χ0) is 22.4. The standard InChI is InChI=1S/C23H27N3O5S/c27-22(24-14-11-19-7-3-1-4-8-19)30-21-17-23(31-25-21)12-15-26(16-13-23)32(28,29)18-20-9-5-2-6-10-20/h1-10H,11-18H2,(H,24,27). The highest BCUT2D eigenvalue weighted by molar-refractivity contribution is 7.88. The zero-order valence-electron chi connectivity index (χ0n) is 17.8. The maximum atomic E-state index is 12.7. The first-order valence-corrected chi connectivity index (χ1v) is 12.3. The summed E-state index contributed by atoms with van der Waals surface area (Å²) >= 11 is 0. The van der Waals surface area contributed by atoms with E-state index in [-0.39, 0.29) is 11.7 Å². The molecule has 2 heterocycles. The van der Waals surface area contributed by atoms with Crippen molar-refractivity contribution in [1.29, 1.82) is 0 Å². The van der Waals surface area contributed by atoms with E-state index < -0.39 is 21.7 Å². The van der Waals surface area contributed by atoms with Crippen LogP contribution in [0.25, 0.3) is 0 Å². The van der Waals surface area contributed by atoms with E-state index in [0.29, 0.717) is 45.3 Å². The highest BCUT2D eigenvalue weighted by Gasteiger charge is 2.45. The van der Waals surface area contributed by atoms with Crippen LogP contribution in [0.4, 0.5) is 4.79 Å². The number of rotatable bonds is 6. The fraction of sp³-hybridized carbons (Fsp3) is 0.391. The second-order valence-electron chi connectivity index (χ2n) is 8.13. The topological polar surface area (TPSA) is 97.3 Å². The number of sulfonamides is 1. The number of benzene rings is 2. The first-order chi connectivity index (χ1) is 15.4. The van der Waals surface area contributed by atoms with E-state index in [4.69, 9.17) is 9.57 Å². The predicted molar refractivity (Wildman–Crippen MR) is 120 cm³/mol. The quantitative estimate of drug-likeness (QED) is 0.719. The lowest BCUT2D eigenvalue weighted by Gasteiger charge is -2.36. The zero-order valence-corrected chi connectivity index (χ0v) is 18.6. The molecule has 0 radical (unpaired) electrons. The van der Waals surface area contributed by atoms with Gasteiger partial charge < -0.3 is 14.9 Å². The van der Waals surface area contributed by atoms with Crippen LogP contribution >= 0.6 is 0 Å². The van der Waals surface area contributed by atoms with Crippen LogP contribution in [0, 0.1) is 0 Å². The van der Waals surface area contributed by atoms with Crippen molar-refractivity contribution in [2.45, 2.75) is 37.0 Å². The number of nitrogens with zero attached hydrogens (tertiary/aromatic N) is 2. The van der Waals surface area contributed by atoms with Gasteiger partial charge in [-0.3, -0.25) is 0 Å². The number of piperidine rings is 1. The maximum absolute atomic E-state index is 12.7. The van der Waals surface area contributed by atoms with Crippen LogP contribution in [0.3, 0.4) is 0 Å². The van der Waals surface area contributed by atoms with Gasteiger partial charge in [-0.25, -0.2) is 17.5 Å². The molecule has 1 saturated heterocycles. The van der Waals surface area contributed by atoms with Crippen molar-refractivity contribution in [2.75, 3.05) is 19.6 Å². The molecule has 9 heteroatoms. The molecule has 8 nitrogen and oxygen atoms in total. The number of ether oxygens (including phenoxy) is 1. The Bertz CT molecular complexity index is 1050. The summed E-state index contributed by atoms with van der Waals surface area (Å²) in [5, 5.41) is 6.65. The van der Waals surface area contributed by atoms with Crippen molar-refractivity contribution in [3.63, 3.8) is 0 Å². The molecular formula is C23H27N3O5S. The number of nitrogens with one attached hydrogen (secondary N) is 1. The Morgan fingerprint density at radius 1 is 1.03 bits per heavy atom. The van der Waals surface area contributed by atoms with Gasteiger partial charge in [0, 0.05) is 32.5 Å². The molecule has 0 aliphatic carbocycles. The summed E-state index contributed by atoms with van der Waals surface area (Å²) in [6.45, 7) is 1.15. The molecule has 0 bridgehead atoms. The van der Waals surface area contributed by atoms with Crippen molar-refractivity contribution >= 4 is 22.0 Å². The van der Waals surface area contributed by atoms with Gasteiger partial charge in [-0.15, -0.1) is 0 Å². The van der Waals surface area contributed by atoms with E-state index in [9.17, 15) is 13.2 Å². The van der Waals surface area contributed by atoms with E-state index in [1.54, 1.807) is 0 Å². The number of oxime groups is 1. The molecule has 4 rings (SSSR count). The normalized spacial score (nSPS) is 18.1. The number of hydrogen-bond acceptors (Lipinski definition) is 6. The fourth-order valence-corrected chi connectivity index (χ4v) is 5.49. The Kier molecular flexibility index (Phi) is 6.76. The van der Waals surface area contributed by atoms with Gasteiger partial charge in [-0.2, -0.15) is 0 Å². The molecule has 1 amide bonds. The molecule has 2 aromatic rings. The Hall–Kier alpha value is -2.91. The first kappa shape index (κ1) is 22.3. The van der Waals surface area contributed by atoms with Gasteiger partial charge in [-0.05, 0) is 17.5 Å². The lowest BCUT2D eigenvalue weighted by molar-refractivity contribution is -0.0506. The molecule has 32 heavy (non-hydrogen) atoms. The third-order valence-corrected chi connectivity index (χ3v) is 7.62. The first-order valence-electron chi connectivity index (χ1n) is 10.7. The van der Waals surface area contributed by atoms with Crippen molar-refractivity contribution in [2.24, 2.45) is 5.16 Å². The number of amides is 1. The summed E-state index contributed by atoms with van der Waals surface area (Å²) < 4.78 is 32.3. The minimum atomic E-state index is -3.40. The molecule has 0 atom stereocenters. The predicted octanol–water partition coefficient (Wildman–Crippen LogP) is 3.05. The molecule has 2 aliphatic heterocycles. The number of carbonyl (C=O) groups excluding carboxylic acids is 1. The Labute approximate surface area is 188 Å². The molecule has 2 aliphatic rings. The second kappa shape index (κ2) is 9.70. The van der Waals surface area contributed by atoms with Crippen molar-refractivity contribution in [1.82, 2.24) is 9.62 Å². The van der Waals surface area contributed by atoms with E-state index in [2.05, 4.69) is 10.5 Å². The van der Waals surface area contributed by atoms with Gasteiger partial charge in [0.05, 0.1) is 12.2 Å². The molecule has 0 unspecified atom stereocenters. The van der Waals surface area contributed by atoms with Crippen LogP contribution in [0.5, 0.6) is 0 Å². The van der Waals surface area contributed by atoms with Crippen LogP contribution in [0.2, 0.25) is 0 Å². The monoisotopic (exact) mass is 457 g/mol. The van der Waals surface area contributed by atoms with Crippen LogP contribution in [-0.4, -0.2) is 49.9 Å². The Morgan fingerprint density at radius 2 is 1.66 bits per heavy atom. The van der Waals surface area contributed by atoms with Gasteiger partial charge in [0.2, 0.25) is 15.9 Å². The average molecular weight is 458 g/mol. The third kappa shape index (κ3) is 5.66. The molecule has 170 valence electrons. The summed E-state index contributed by atoms with van der Waals surface area (Å²) in [6.07, 6.45) is 1.48. The minimum absolute atomic E-state index is 0.0181. The minimum Gasteiger partial charge on any atom is -0.392 e. The largest absolute Gasteiger partial charge is 0.413 e. The third-order valence-electron chi connectivity index (χ3n) is 5.77. The molecule has 1 fully saturated rings. The highest BCUT2D eigenvalue weighted by atomic mass is 32.2. The van der Waals surface area contributed by atoms with E-state index in [1.807, 2.05) is 60.7 Å². The molecular weight excluding hydrogens is 430 g/mol. The summed E-state index contributed by atoms with van der Waals surface area (Å²) in [7, 11) is -3.40. The van der Waals surface area contributed by atoms with Gasteiger partial charge >= 0.3 is 6.09 Å². The highest BCUT2D eigenvalue weighted by Crippen LogP contribution is 2.36. The van der Waals surface area contributed by atoms with Crippen LogP contribution in [0.15, 0.2) is 65.8 Å². The van der Waals surface area contributed by atoms with Crippen molar-refractivity contribution < 1.29 is 22.8 Å². The SMILES string of the molecule is O=C(NCCc1ccccc1)OC1=NOC2(CCN(S(=O)(=O)Cc3ccccc3)CC2)C1. The Balaban J connectivity index is 1.21. The van der Waals surface area contributed by atoms with Crippen LogP contribution < -0.4 is 5.32 Å². The maximum Gasteiger partial charge on any atom is 0.413 e. The van der Waals surface area contributed by atoms with Gasteiger partial charge in [-0.1, -0.05) is 65.8 Å². The lowest BCUT2D eigenvalue weighted by Crippen LogP contribution is -2.47. The van der Waals surface area contributed by atoms with E-state index in [0.717, 1.165) is 11.1 Å². The molecule has 1 spiro atoms. The van der Waals surface area contributed by atoms with Crippen LogP contribution in [-0.2, 0) is 31.8 Å². The van der Waals surface area contributed by atoms with Crippen LogP contribution in [0.1, 0.15) is 30.4 Å².